The zero-order chi connectivity index (χ0) is 11.4. The van der Waals surface area contributed by atoms with Crippen molar-refractivity contribution in [1.82, 2.24) is 0 Å². The molecule has 0 N–H and O–H groups in total. The molecule has 3 nitrogen and oxygen atoms in total. The number of ether oxygens (including phenoxy) is 2. The van der Waals surface area contributed by atoms with Crippen molar-refractivity contribution in [2.45, 2.75) is 25.9 Å². The van der Waals surface area contributed by atoms with Crippen LogP contribution >= 0.6 is 0 Å². The van der Waals surface area contributed by atoms with Gasteiger partial charge in [-0.3, -0.25) is 4.79 Å². The molecule has 0 saturated heterocycles. The zero-order valence-corrected chi connectivity index (χ0v) is 9.44. The van der Waals surface area contributed by atoms with Crippen molar-refractivity contribution in [3.63, 3.8) is 0 Å². The van der Waals surface area contributed by atoms with Crippen molar-refractivity contribution in [1.29, 1.82) is 0 Å². The zero-order valence-electron chi connectivity index (χ0n) is 9.44. The second-order valence-corrected chi connectivity index (χ2v) is 3.81. The van der Waals surface area contributed by atoms with Crippen LogP contribution in [0.3, 0.4) is 0 Å². The number of esters is 1. The van der Waals surface area contributed by atoms with E-state index in [-0.39, 0.29) is 12.1 Å². The molecular formula is C13H16O3. The first-order valence-corrected chi connectivity index (χ1v) is 5.67. The van der Waals surface area contributed by atoms with Crippen molar-refractivity contribution < 1.29 is 14.3 Å². The molecule has 1 aliphatic heterocycles. The summed E-state index contributed by atoms with van der Waals surface area (Å²) in [5, 5.41) is 0. The molecule has 1 unspecified atom stereocenters. The van der Waals surface area contributed by atoms with Crippen LogP contribution in [0, 0.1) is 0 Å². The van der Waals surface area contributed by atoms with Crippen molar-refractivity contribution >= 4 is 5.97 Å². The summed E-state index contributed by atoms with van der Waals surface area (Å²) in [6.07, 6.45) is 9.38. The molecule has 2 rings (SSSR count). The highest BCUT2D eigenvalue weighted by Gasteiger charge is 2.23. The number of hydrogen-bond donors (Lipinski definition) is 0. The molecule has 0 aromatic heterocycles. The fourth-order valence-electron chi connectivity index (χ4n) is 1.99. The molecule has 1 atom stereocenters. The first-order valence-electron chi connectivity index (χ1n) is 5.67. The maximum absolute atomic E-state index is 11.3. The summed E-state index contributed by atoms with van der Waals surface area (Å²) in [6, 6.07) is 0. The monoisotopic (exact) mass is 220 g/mol. The Hall–Kier alpha value is -1.35. The van der Waals surface area contributed by atoms with Crippen LogP contribution < -0.4 is 0 Å². The predicted molar refractivity (Wildman–Crippen MR) is 60.9 cm³/mol. The second-order valence-electron chi connectivity index (χ2n) is 3.81. The van der Waals surface area contributed by atoms with E-state index in [2.05, 4.69) is 18.2 Å². The van der Waals surface area contributed by atoms with Crippen LogP contribution in [0.4, 0.5) is 0 Å². The maximum Gasteiger partial charge on any atom is 0.305 e. The highest BCUT2D eigenvalue weighted by molar-refractivity contribution is 5.69. The van der Waals surface area contributed by atoms with Crippen molar-refractivity contribution in [2.24, 2.45) is 0 Å². The van der Waals surface area contributed by atoms with E-state index < -0.39 is 0 Å². The number of carbonyl (C=O) groups excluding carboxylic acids is 1. The summed E-state index contributed by atoms with van der Waals surface area (Å²) in [5.74, 6) is -0.145. The third-order valence-corrected chi connectivity index (χ3v) is 2.75. The molecule has 0 saturated carbocycles. The van der Waals surface area contributed by atoms with Gasteiger partial charge in [0.1, 0.15) is 0 Å². The third-order valence-electron chi connectivity index (χ3n) is 2.75. The normalized spacial score (nSPS) is 22.4. The van der Waals surface area contributed by atoms with E-state index in [1.807, 2.05) is 13.0 Å². The fraction of sp³-hybridized carbons (Fsp3) is 0.462. The van der Waals surface area contributed by atoms with E-state index in [4.69, 9.17) is 9.47 Å². The minimum absolute atomic E-state index is 0.0411. The van der Waals surface area contributed by atoms with Crippen LogP contribution in [0.2, 0.25) is 0 Å². The number of fused-ring (bicyclic) bond motifs is 1. The average Bonchev–Trinajstić information content (AvgIpc) is 2.75. The van der Waals surface area contributed by atoms with Crippen LogP contribution in [0.15, 0.2) is 35.5 Å². The Morgan fingerprint density at radius 2 is 2.50 bits per heavy atom. The van der Waals surface area contributed by atoms with E-state index >= 15 is 0 Å². The Kier molecular flexibility index (Phi) is 3.57. The largest absolute Gasteiger partial charge is 0.466 e. The molecule has 0 aromatic carbocycles. The van der Waals surface area contributed by atoms with E-state index in [0.29, 0.717) is 26.1 Å². The Labute approximate surface area is 95.4 Å². The first kappa shape index (κ1) is 11.1. The first-order chi connectivity index (χ1) is 7.81. The number of rotatable bonds is 4. The molecule has 1 aliphatic carbocycles. The minimum atomic E-state index is -0.145. The van der Waals surface area contributed by atoms with Gasteiger partial charge in [0.2, 0.25) is 0 Å². The quantitative estimate of drug-likeness (QED) is 0.681. The standard InChI is InChI=1S/C13H16O3/c1-2-15-13(14)7-6-12-11-5-3-4-10(11)8-9-16-12/h3-5,8,12H,2,6-7,9H2,1H3. The molecule has 2 aliphatic rings. The van der Waals surface area contributed by atoms with Gasteiger partial charge in [-0.2, -0.15) is 0 Å². The summed E-state index contributed by atoms with van der Waals surface area (Å²) in [5.41, 5.74) is 2.43. The van der Waals surface area contributed by atoms with Gasteiger partial charge in [0.05, 0.1) is 19.3 Å². The van der Waals surface area contributed by atoms with Gasteiger partial charge < -0.3 is 9.47 Å². The van der Waals surface area contributed by atoms with Crippen LogP contribution in [0.1, 0.15) is 19.8 Å². The van der Waals surface area contributed by atoms with Crippen LogP contribution in [-0.4, -0.2) is 25.3 Å². The van der Waals surface area contributed by atoms with Gasteiger partial charge in [-0.1, -0.05) is 24.3 Å². The van der Waals surface area contributed by atoms with E-state index in [1.165, 1.54) is 11.1 Å². The summed E-state index contributed by atoms with van der Waals surface area (Å²) < 4.78 is 10.5. The average molecular weight is 220 g/mol. The molecule has 0 fully saturated rings. The summed E-state index contributed by atoms with van der Waals surface area (Å²) in [6.45, 7) is 2.89. The topological polar surface area (TPSA) is 35.5 Å². The lowest BCUT2D eigenvalue weighted by molar-refractivity contribution is -0.143. The molecule has 1 heterocycles. The number of hydrogen-bond acceptors (Lipinski definition) is 3. The van der Waals surface area contributed by atoms with Crippen LogP contribution in [0.5, 0.6) is 0 Å². The predicted octanol–water partition coefficient (Wildman–Crippen LogP) is 2.15. The fourth-order valence-corrected chi connectivity index (χ4v) is 1.99. The molecule has 0 radical (unpaired) electrons. The van der Waals surface area contributed by atoms with Gasteiger partial charge in [-0.15, -0.1) is 0 Å². The van der Waals surface area contributed by atoms with E-state index in [1.54, 1.807) is 0 Å². The highest BCUT2D eigenvalue weighted by atomic mass is 16.5. The maximum atomic E-state index is 11.3. The Morgan fingerprint density at radius 1 is 1.62 bits per heavy atom. The molecular weight excluding hydrogens is 204 g/mol. The molecule has 3 heteroatoms. The summed E-state index contributed by atoms with van der Waals surface area (Å²) >= 11 is 0. The molecule has 0 spiro atoms. The molecule has 16 heavy (non-hydrogen) atoms. The van der Waals surface area contributed by atoms with Gasteiger partial charge in [0.25, 0.3) is 0 Å². The molecule has 86 valence electrons. The number of carbonyl (C=O) groups is 1. The lowest BCUT2D eigenvalue weighted by Crippen LogP contribution is -2.22. The van der Waals surface area contributed by atoms with Crippen molar-refractivity contribution in [3.05, 3.63) is 35.5 Å². The van der Waals surface area contributed by atoms with Crippen LogP contribution in [-0.2, 0) is 14.3 Å². The Balaban J connectivity index is 1.87. The Morgan fingerprint density at radius 3 is 3.31 bits per heavy atom. The Bertz CT molecular complexity index is 363. The minimum Gasteiger partial charge on any atom is -0.466 e. The highest BCUT2D eigenvalue weighted by Crippen LogP contribution is 2.29. The molecule has 0 aromatic rings. The summed E-state index contributed by atoms with van der Waals surface area (Å²) in [7, 11) is 0. The molecule has 0 bridgehead atoms. The summed E-state index contributed by atoms with van der Waals surface area (Å²) in [4.78, 5) is 11.3. The molecule has 0 amide bonds. The smallest absolute Gasteiger partial charge is 0.305 e. The van der Waals surface area contributed by atoms with E-state index in [9.17, 15) is 4.79 Å². The third kappa shape index (κ3) is 2.42. The van der Waals surface area contributed by atoms with Gasteiger partial charge in [-0.25, -0.2) is 0 Å². The van der Waals surface area contributed by atoms with E-state index in [0.717, 1.165) is 0 Å². The van der Waals surface area contributed by atoms with Gasteiger partial charge in [-0.05, 0) is 24.5 Å². The second kappa shape index (κ2) is 5.12. The van der Waals surface area contributed by atoms with Crippen LogP contribution in [0.25, 0.3) is 0 Å². The lowest BCUT2D eigenvalue weighted by atomic mass is 9.98. The number of allylic oxidation sites excluding steroid dienone is 3. The van der Waals surface area contributed by atoms with Gasteiger partial charge in [0.15, 0.2) is 0 Å². The lowest BCUT2D eigenvalue weighted by Gasteiger charge is -2.23. The van der Waals surface area contributed by atoms with Gasteiger partial charge in [0, 0.05) is 6.42 Å². The van der Waals surface area contributed by atoms with Crippen molar-refractivity contribution in [2.75, 3.05) is 13.2 Å². The van der Waals surface area contributed by atoms with Crippen molar-refractivity contribution in [3.8, 4) is 0 Å². The van der Waals surface area contributed by atoms with Gasteiger partial charge >= 0.3 is 5.97 Å². The SMILES string of the molecule is CCOC(=O)CCC1OCC=C2C=CC=C21.